The molecular weight excluding hydrogens is 268 g/mol. The summed E-state index contributed by atoms with van der Waals surface area (Å²) in [5, 5.41) is 0. The van der Waals surface area contributed by atoms with Gasteiger partial charge in [0.05, 0.1) is 13.2 Å². The molecule has 0 aliphatic carbocycles. The molecule has 0 spiro atoms. The van der Waals surface area contributed by atoms with Gasteiger partial charge in [-0.2, -0.15) is 0 Å². The molecular formula is C13H16O7. The van der Waals surface area contributed by atoms with Crippen LogP contribution >= 0.6 is 0 Å². The molecule has 0 aromatic rings. The molecule has 0 N–H and O–H groups in total. The number of hydrogen-bond donors (Lipinski definition) is 0. The predicted molar refractivity (Wildman–Crippen MR) is 65.2 cm³/mol. The van der Waals surface area contributed by atoms with Crippen LogP contribution < -0.4 is 0 Å². The predicted octanol–water partition coefficient (Wildman–Crippen LogP) is 0.519. The lowest BCUT2D eigenvalue weighted by atomic mass is 9.97. The molecule has 0 fully saturated rings. The molecule has 0 amide bonds. The standard InChI is InChI=1S/C13H16O7/c1-4-18-11(15)9(12(16)19-5-2)6-8-7(3)10(14)20-13(8)17/h9H,4-6H2,1-3H3. The third kappa shape index (κ3) is 3.43. The van der Waals surface area contributed by atoms with Crippen molar-refractivity contribution in [3.8, 4) is 0 Å². The van der Waals surface area contributed by atoms with Gasteiger partial charge in [-0.05, 0) is 20.8 Å². The Bertz CT molecular complexity index is 457. The Kier molecular flexibility index (Phi) is 5.42. The first kappa shape index (κ1) is 15.9. The number of hydrogen-bond acceptors (Lipinski definition) is 7. The van der Waals surface area contributed by atoms with Crippen LogP contribution in [0.25, 0.3) is 0 Å². The highest BCUT2D eigenvalue weighted by molar-refractivity contribution is 6.12. The first-order valence-corrected chi connectivity index (χ1v) is 6.21. The molecule has 0 unspecified atom stereocenters. The maximum Gasteiger partial charge on any atom is 0.342 e. The van der Waals surface area contributed by atoms with Gasteiger partial charge in [-0.15, -0.1) is 0 Å². The minimum Gasteiger partial charge on any atom is -0.465 e. The molecule has 1 aliphatic heterocycles. The largest absolute Gasteiger partial charge is 0.465 e. The van der Waals surface area contributed by atoms with E-state index in [4.69, 9.17) is 9.47 Å². The van der Waals surface area contributed by atoms with E-state index in [9.17, 15) is 19.2 Å². The zero-order chi connectivity index (χ0) is 15.3. The van der Waals surface area contributed by atoms with E-state index in [-0.39, 0.29) is 30.8 Å². The van der Waals surface area contributed by atoms with Crippen LogP contribution in [-0.2, 0) is 33.4 Å². The van der Waals surface area contributed by atoms with Crippen molar-refractivity contribution in [2.75, 3.05) is 13.2 Å². The van der Waals surface area contributed by atoms with Crippen molar-refractivity contribution in [1.82, 2.24) is 0 Å². The van der Waals surface area contributed by atoms with E-state index >= 15 is 0 Å². The molecule has 0 bridgehead atoms. The molecule has 0 radical (unpaired) electrons. The van der Waals surface area contributed by atoms with E-state index in [0.717, 1.165) is 0 Å². The Hall–Kier alpha value is -2.18. The summed E-state index contributed by atoms with van der Waals surface area (Å²) in [6, 6.07) is 0. The van der Waals surface area contributed by atoms with Gasteiger partial charge in [-0.1, -0.05) is 0 Å². The molecule has 0 saturated carbocycles. The van der Waals surface area contributed by atoms with Gasteiger partial charge in [0, 0.05) is 17.6 Å². The van der Waals surface area contributed by atoms with Crippen LogP contribution in [0.5, 0.6) is 0 Å². The van der Waals surface area contributed by atoms with Crippen LogP contribution in [0.2, 0.25) is 0 Å². The number of carbonyl (C=O) groups is 4. The minimum absolute atomic E-state index is 0.00102. The molecule has 0 saturated heterocycles. The van der Waals surface area contributed by atoms with Gasteiger partial charge in [0.25, 0.3) is 0 Å². The zero-order valence-electron chi connectivity index (χ0n) is 11.6. The third-order valence-corrected chi connectivity index (χ3v) is 2.74. The van der Waals surface area contributed by atoms with E-state index in [1.165, 1.54) is 6.92 Å². The highest BCUT2D eigenvalue weighted by Crippen LogP contribution is 2.25. The van der Waals surface area contributed by atoms with Gasteiger partial charge in [0.2, 0.25) is 0 Å². The molecule has 1 aliphatic rings. The number of rotatable bonds is 6. The maximum atomic E-state index is 11.8. The lowest BCUT2D eigenvalue weighted by Gasteiger charge is -2.14. The van der Waals surface area contributed by atoms with E-state index in [1.807, 2.05) is 0 Å². The fourth-order valence-electron chi connectivity index (χ4n) is 1.69. The Morgan fingerprint density at radius 2 is 1.55 bits per heavy atom. The normalized spacial score (nSPS) is 14.6. The summed E-state index contributed by atoms with van der Waals surface area (Å²) in [7, 11) is 0. The summed E-state index contributed by atoms with van der Waals surface area (Å²) < 4.78 is 14.0. The number of carbonyl (C=O) groups excluding carboxylic acids is 4. The van der Waals surface area contributed by atoms with Crippen molar-refractivity contribution < 1.29 is 33.4 Å². The summed E-state index contributed by atoms with van der Waals surface area (Å²) >= 11 is 0. The Balaban J connectivity index is 2.95. The van der Waals surface area contributed by atoms with Gasteiger partial charge < -0.3 is 14.2 Å². The highest BCUT2D eigenvalue weighted by Gasteiger charge is 2.37. The lowest BCUT2D eigenvalue weighted by molar-refractivity contribution is -0.161. The fourth-order valence-corrected chi connectivity index (χ4v) is 1.69. The zero-order valence-corrected chi connectivity index (χ0v) is 11.6. The summed E-state index contributed by atoms with van der Waals surface area (Å²) in [5.74, 6) is -4.47. The van der Waals surface area contributed by atoms with Crippen LogP contribution in [0.15, 0.2) is 11.1 Å². The maximum absolute atomic E-state index is 11.8. The van der Waals surface area contributed by atoms with Gasteiger partial charge in [0.15, 0.2) is 5.92 Å². The molecule has 0 atom stereocenters. The van der Waals surface area contributed by atoms with E-state index in [1.54, 1.807) is 13.8 Å². The molecule has 1 heterocycles. The van der Waals surface area contributed by atoms with Crippen LogP contribution in [0.1, 0.15) is 27.2 Å². The van der Waals surface area contributed by atoms with Gasteiger partial charge in [0.1, 0.15) is 0 Å². The quantitative estimate of drug-likeness (QED) is 0.398. The van der Waals surface area contributed by atoms with Crippen LogP contribution in [-0.4, -0.2) is 37.1 Å². The summed E-state index contributed by atoms with van der Waals surface area (Å²) in [6.45, 7) is 4.78. The van der Waals surface area contributed by atoms with Crippen molar-refractivity contribution in [2.45, 2.75) is 27.2 Å². The lowest BCUT2D eigenvalue weighted by Crippen LogP contribution is -2.29. The van der Waals surface area contributed by atoms with Crippen molar-refractivity contribution in [1.29, 1.82) is 0 Å². The number of cyclic esters (lactones) is 2. The molecule has 110 valence electrons. The van der Waals surface area contributed by atoms with Crippen molar-refractivity contribution >= 4 is 23.9 Å². The smallest absolute Gasteiger partial charge is 0.342 e. The summed E-state index contributed by atoms with van der Waals surface area (Å²) in [6.07, 6.45) is -0.270. The monoisotopic (exact) mass is 284 g/mol. The Labute approximate surface area is 115 Å². The van der Waals surface area contributed by atoms with Gasteiger partial charge in [-0.3, -0.25) is 9.59 Å². The molecule has 7 heteroatoms. The average molecular weight is 284 g/mol. The summed E-state index contributed by atoms with van der Waals surface area (Å²) in [4.78, 5) is 46.2. The van der Waals surface area contributed by atoms with Crippen LogP contribution in [0.4, 0.5) is 0 Å². The second kappa shape index (κ2) is 6.83. The number of ether oxygens (including phenoxy) is 3. The number of esters is 4. The molecule has 0 aromatic carbocycles. The van der Waals surface area contributed by atoms with Crippen molar-refractivity contribution in [3.63, 3.8) is 0 Å². The van der Waals surface area contributed by atoms with Crippen LogP contribution in [0, 0.1) is 5.92 Å². The Morgan fingerprint density at radius 3 is 1.90 bits per heavy atom. The van der Waals surface area contributed by atoms with Crippen LogP contribution in [0.3, 0.4) is 0 Å². The first-order valence-electron chi connectivity index (χ1n) is 6.21. The molecule has 7 nitrogen and oxygen atoms in total. The second-order valence-electron chi connectivity index (χ2n) is 4.04. The third-order valence-electron chi connectivity index (χ3n) is 2.74. The molecule has 0 aromatic heterocycles. The van der Waals surface area contributed by atoms with Crippen molar-refractivity contribution in [2.24, 2.45) is 5.92 Å². The van der Waals surface area contributed by atoms with E-state index in [0.29, 0.717) is 0 Å². The van der Waals surface area contributed by atoms with Gasteiger partial charge >= 0.3 is 23.9 Å². The summed E-state index contributed by atoms with van der Waals surface area (Å²) in [5.41, 5.74) is 0.0923. The van der Waals surface area contributed by atoms with E-state index < -0.39 is 29.8 Å². The fraction of sp³-hybridized carbons (Fsp3) is 0.538. The second-order valence-corrected chi connectivity index (χ2v) is 4.04. The van der Waals surface area contributed by atoms with Gasteiger partial charge in [-0.25, -0.2) is 9.59 Å². The van der Waals surface area contributed by atoms with Crippen molar-refractivity contribution in [3.05, 3.63) is 11.1 Å². The topological polar surface area (TPSA) is 96.0 Å². The Morgan fingerprint density at radius 1 is 1.05 bits per heavy atom. The minimum atomic E-state index is -1.28. The van der Waals surface area contributed by atoms with E-state index in [2.05, 4.69) is 4.74 Å². The molecule has 1 rings (SSSR count). The first-order chi connectivity index (χ1) is 9.42. The highest BCUT2D eigenvalue weighted by atomic mass is 16.6. The molecule has 20 heavy (non-hydrogen) atoms. The average Bonchev–Trinajstić information content (AvgIpc) is 2.61. The SMILES string of the molecule is CCOC(=O)C(CC1=C(C)C(=O)OC1=O)C(=O)OCC.